The van der Waals surface area contributed by atoms with Crippen LogP contribution in [0, 0.1) is 0 Å². The summed E-state index contributed by atoms with van der Waals surface area (Å²) in [4.78, 5) is 4.05. The van der Waals surface area contributed by atoms with E-state index in [1.807, 2.05) is 0 Å². The van der Waals surface area contributed by atoms with E-state index in [1.165, 1.54) is 23.5 Å². The van der Waals surface area contributed by atoms with Gasteiger partial charge in [0.25, 0.3) is 0 Å². The first-order valence-electron chi connectivity index (χ1n) is 5.37. The molecule has 106 valence electrons. The Morgan fingerprint density at radius 2 is 2.25 bits per heavy atom. The Kier molecular flexibility index (Phi) is 4.71. The number of hydrogen-bond donors (Lipinski definition) is 2. The van der Waals surface area contributed by atoms with Gasteiger partial charge in [0.15, 0.2) is 0 Å². The summed E-state index contributed by atoms with van der Waals surface area (Å²) in [6.07, 6.45) is 1.61. The first kappa shape index (κ1) is 15.3. The van der Waals surface area contributed by atoms with Crippen molar-refractivity contribution in [2.24, 2.45) is 5.73 Å². The molecule has 0 atom stereocenters. The van der Waals surface area contributed by atoms with Crippen LogP contribution in [-0.2, 0) is 16.6 Å². The van der Waals surface area contributed by atoms with Crippen molar-refractivity contribution in [3.05, 3.63) is 45.4 Å². The molecule has 0 saturated heterocycles. The molecular formula is C11H10ClN3O2S3. The van der Waals surface area contributed by atoms with Crippen LogP contribution in [0.5, 0.6) is 0 Å². The zero-order valence-electron chi connectivity index (χ0n) is 10.0. The second kappa shape index (κ2) is 6.15. The molecule has 2 aromatic rings. The normalized spacial score (nSPS) is 11.4. The maximum Gasteiger partial charge on any atom is 0.242 e. The second-order valence-electron chi connectivity index (χ2n) is 3.76. The van der Waals surface area contributed by atoms with Crippen LogP contribution in [0.4, 0.5) is 0 Å². The SMILES string of the molecule is NC(=S)c1ccc(Cl)c(S(=O)(=O)NCc2nccs2)c1. The summed E-state index contributed by atoms with van der Waals surface area (Å²) in [5, 5.41) is 2.54. The van der Waals surface area contributed by atoms with Crippen LogP contribution >= 0.6 is 35.2 Å². The highest BCUT2D eigenvalue weighted by molar-refractivity contribution is 7.89. The molecule has 0 amide bonds. The monoisotopic (exact) mass is 347 g/mol. The van der Waals surface area contributed by atoms with Gasteiger partial charge in [0.1, 0.15) is 14.9 Å². The summed E-state index contributed by atoms with van der Waals surface area (Å²) in [6, 6.07) is 4.38. The smallest absolute Gasteiger partial charge is 0.242 e. The zero-order valence-corrected chi connectivity index (χ0v) is 13.2. The summed E-state index contributed by atoms with van der Waals surface area (Å²) in [5.41, 5.74) is 5.94. The molecule has 0 spiro atoms. The zero-order chi connectivity index (χ0) is 14.8. The number of benzene rings is 1. The largest absolute Gasteiger partial charge is 0.389 e. The first-order chi connectivity index (χ1) is 9.40. The van der Waals surface area contributed by atoms with Crippen molar-refractivity contribution in [3.8, 4) is 0 Å². The van der Waals surface area contributed by atoms with Gasteiger partial charge in [0.05, 0.1) is 11.6 Å². The second-order valence-corrected chi connectivity index (χ2v) is 7.32. The van der Waals surface area contributed by atoms with E-state index in [0.717, 1.165) is 0 Å². The quantitative estimate of drug-likeness (QED) is 0.807. The van der Waals surface area contributed by atoms with Crippen LogP contribution in [0.3, 0.4) is 0 Å². The number of nitrogens with one attached hydrogen (secondary N) is 1. The summed E-state index contributed by atoms with van der Waals surface area (Å²) in [6.45, 7) is 0.105. The fourth-order valence-electron chi connectivity index (χ4n) is 1.44. The summed E-state index contributed by atoms with van der Waals surface area (Å²) < 4.78 is 26.9. The van der Waals surface area contributed by atoms with Gasteiger partial charge in [-0.15, -0.1) is 11.3 Å². The van der Waals surface area contributed by atoms with Gasteiger partial charge < -0.3 is 5.73 Å². The molecule has 1 aromatic carbocycles. The van der Waals surface area contributed by atoms with E-state index >= 15 is 0 Å². The molecule has 1 heterocycles. The molecule has 0 aliphatic carbocycles. The van der Waals surface area contributed by atoms with Gasteiger partial charge in [-0.05, 0) is 12.1 Å². The highest BCUT2D eigenvalue weighted by atomic mass is 35.5. The number of thiazole rings is 1. The lowest BCUT2D eigenvalue weighted by atomic mass is 10.2. The molecule has 2 rings (SSSR count). The molecule has 0 saturated carbocycles. The van der Waals surface area contributed by atoms with Crippen molar-refractivity contribution >= 4 is 50.2 Å². The molecule has 0 aliphatic heterocycles. The van der Waals surface area contributed by atoms with Crippen molar-refractivity contribution in [3.63, 3.8) is 0 Å². The molecule has 5 nitrogen and oxygen atoms in total. The van der Waals surface area contributed by atoms with Crippen molar-refractivity contribution in [2.75, 3.05) is 0 Å². The van der Waals surface area contributed by atoms with E-state index in [4.69, 9.17) is 29.6 Å². The van der Waals surface area contributed by atoms with E-state index < -0.39 is 10.0 Å². The van der Waals surface area contributed by atoms with E-state index in [9.17, 15) is 8.42 Å². The van der Waals surface area contributed by atoms with Crippen molar-refractivity contribution in [2.45, 2.75) is 11.4 Å². The molecular weight excluding hydrogens is 338 g/mol. The van der Waals surface area contributed by atoms with Crippen LogP contribution in [0.1, 0.15) is 10.6 Å². The molecule has 0 bridgehead atoms. The fourth-order valence-corrected chi connectivity index (χ4v) is 3.72. The highest BCUT2D eigenvalue weighted by Crippen LogP contribution is 2.23. The number of nitrogens with zero attached hydrogens (tertiary/aromatic N) is 1. The Hall–Kier alpha value is -1.06. The Morgan fingerprint density at radius 3 is 2.85 bits per heavy atom. The molecule has 0 fully saturated rings. The lowest BCUT2D eigenvalue weighted by molar-refractivity contribution is 0.581. The molecule has 0 radical (unpaired) electrons. The standard InChI is InChI=1S/C11H10ClN3O2S3/c12-8-2-1-7(11(13)18)5-9(8)20(16,17)15-6-10-14-3-4-19-10/h1-5,15H,6H2,(H2,13,18). The molecule has 0 unspecified atom stereocenters. The van der Waals surface area contributed by atoms with E-state index in [-0.39, 0.29) is 21.5 Å². The third-order valence-corrected chi connectivity index (χ3v) is 5.30. The summed E-state index contributed by atoms with van der Waals surface area (Å²) >= 11 is 12.1. The number of sulfonamides is 1. The summed E-state index contributed by atoms with van der Waals surface area (Å²) in [7, 11) is -3.75. The van der Waals surface area contributed by atoms with Gasteiger partial charge in [0, 0.05) is 17.1 Å². The van der Waals surface area contributed by atoms with Crippen LogP contribution in [0.2, 0.25) is 5.02 Å². The van der Waals surface area contributed by atoms with E-state index in [1.54, 1.807) is 17.6 Å². The van der Waals surface area contributed by atoms with E-state index in [2.05, 4.69) is 9.71 Å². The maximum absolute atomic E-state index is 12.2. The van der Waals surface area contributed by atoms with Crippen molar-refractivity contribution in [1.29, 1.82) is 0 Å². The molecule has 9 heteroatoms. The Labute approximate surface area is 130 Å². The highest BCUT2D eigenvalue weighted by Gasteiger charge is 2.19. The number of nitrogens with two attached hydrogens (primary N) is 1. The van der Waals surface area contributed by atoms with Gasteiger partial charge in [-0.1, -0.05) is 29.9 Å². The summed E-state index contributed by atoms with van der Waals surface area (Å²) in [5.74, 6) is 0. The molecule has 1 aromatic heterocycles. The number of rotatable bonds is 5. The predicted octanol–water partition coefficient (Wildman–Crippen LogP) is 1.91. The van der Waals surface area contributed by atoms with Crippen LogP contribution < -0.4 is 10.5 Å². The van der Waals surface area contributed by atoms with Crippen LogP contribution in [0.15, 0.2) is 34.7 Å². The predicted molar refractivity (Wildman–Crippen MR) is 83.5 cm³/mol. The number of hydrogen-bond acceptors (Lipinski definition) is 5. The maximum atomic E-state index is 12.2. The topological polar surface area (TPSA) is 85.1 Å². The Bertz CT molecular complexity index is 729. The molecule has 0 aliphatic rings. The number of aromatic nitrogens is 1. The van der Waals surface area contributed by atoms with Crippen LogP contribution in [0.25, 0.3) is 0 Å². The third kappa shape index (κ3) is 3.53. The van der Waals surface area contributed by atoms with E-state index in [0.29, 0.717) is 10.6 Å². The average Bonchev–Trinajstić information content (AvgIpc) is 2.89. The third-order valence-electron chi connectivity index (χ3n) is 2.40. The van der Waals surface area contributed by atoms with Gasteiger partial charge in [0.2, 0.25) is 10.0 Å². The Morgan fingerprint density at radius 1 is 1.50 bits per heavy atom. The molecule has 20 heavy (non-hydrogen) atoms. The lowest BCUT2D eigenvalue weighted by Crippen LogP contribution is -2.24. The number of thiocarbonyl (C=S) groups is 1. The van der Waals surface area contributed by atoms with Gasteiger partial charge in [-0.25, -0.2) is 18.1 Å². The van der Waals surface area contributed by atoms with Crippen molar-refractivity contribution < 1.29 is 8.42 Å². The Balaban J connectivity index is 2.28. The fraction of sp³-hybridized carbons (Fsp3) is 0.0909. The van der Waals surface area contributed by atoms with Crippen molar-refractivity contribution in [1.82, 2.24) is 9.71 Å². The molecule has 3 N–H and O–H groups in total. The van der Waals surface area contributed by atoms with Gasteiger partial charge in [-0.2, -0.15) is 0 Å². The first-order valence-corrected chi connectivity index (χ1v) is 8.52. The van der Waals surface area contributed by atoms with Crippen LogP contribution in [-0.4, -0.2) is 18.4 Å². The van der Waals surface area contributed by atoms with Gasteiger partial charge >= 0.3 is 0 Å². The minimum atomic E-state index is -3.75. The number of halogens is 1. The van der Waals surface area contributed by atoms with Gasteiger partial charge in [-0.3, -0.25) is 0 Å². The lowest BCUT2D eigenvalue weighted by Gasteiger charge is -2.09. The minimum absolute atomic E-state index is 0.0546. The minimum Gasteiger partial charge on any atom is -0.389 e. The average molecular weight is 348 g/mol.